The third kappa shape index (κ3) is 8.07. The minimum absolute atomic E-state index is 0.582. The molecule has 1 aromatic rings. The molecule has 0 aliphatic heterocycles. The van der Waals surface area contributed by atoms with Crippen molar-refractivity contribution in [2.45, 2.75) is 6.61 Å². The van der Waals surface area contributed by atoms with Gasteiger partial charge in [-0.1, -0.05) is 36.9 Å². The Morgan fingerprint density at radius 1 is 0.850 bits per heavy atom. The highest BCUT2D eigenvalue weighted by atomic mass is 16.6. The summed E-state index contributed by atoms with van der Waals surface area (Å²) in [7, 11) is 1.65. The van der Waals surface area contributed by atoms with Crippen molar-refractivity contribution in [1.82, 2.24) is 0 Å². The summed E-state index contributed by atoms with van der Waals surface area (Å²) in [6.07, 6.45) is 1.83. The minimum Gasteiger partial charge on any atom is -0.382 e. The molecule has 0 radical (unpaired) electrons. The van der Waals surface area contributed by atoms with E-state index in [1.807, 2.05) is 30.3 Å². The van der Waals surface area contributed by atoms with Crippen LogP contribution in [-0.4, -0.2) is 46.8 Å². The lowest BCUT2D eigenvalue weighted by atomic mass is 10.1. The molecule has 0 fully saturated rings. The van der Waals surface area contributed by atoms with Gasteiger partial charge in [0.1, 0.15) is 0 Å². The summed E-state index contributed by atoms with van der Waals surface area (Å²) in [5, 5.41) is 0. The molecule has 0 amide bonds. The number of benzene rings is 1. The van der Waals surface area contributed by atoms with Crippen molar-refractivity contribution in [3.05, 3.63) is 42.0 Å². The minimum atomic E-state index is 0.582. The fourth-order valence-electron chi connectivity index (χ4n) is 1.52. The SMILES string of the molecule is C=Cc1ccc(COCCOCCOCCOC)cc1. The van der Waals surface area contributed by atoms with Crippen LogP contribution in [0.4, 0.5) is 0 Å². The van der Waals surface area contributed by atoms with Crippen LogP contribution in [0.3, 0.4) is 0 Å². The smallest absolute Gasteiger partial charge is 0.0718 e. The first-order chi connectivity index (χ1) is 9.86. The van der Waals surface area contributed by atoms with Crippen LogP contribution in [0.25, 0.3) is 6.08 Å². The van der Waals surface area contributed by atoms with Crippen LogP contribution in [0.5, 0.6) is 0 Å². The van der Waals surface area contributed by atoms with E-state index in [1.165, 1.54) is 0 Å². The van der Waals surface area contributed by atoms with Gasteiger partial charge in [-0.3, -0.25) is 0 Å². The van der Waals surface area contributed by atoms with Gasteiger partial charge in [0.2, 0.25) is 0 Å². The van der Waals surface area contributed by atoms with Crippen LogP contribution < -0.4 is 0 Å². The van der Waals surface area contributed by atoms with Crippen molar-refractivity contribution in [3.8, 4) is 0 Å². The van der Waals surface area contributed by atoms with Crippen molar-refractivity contribution >= 4 is 6.08 Å². The summed E-state index contributed by atoms with van der Waals surface area (Å²) >= 11 is 0. The van der Waals surface area contributed by atoms with E-state index < -0.39 is 0 Å². The fourth-order valence-corrected chi connectivity index (χ4v) is 1.52. The molecule has 0 aliphatic carbocycles. The van der Waals surface area contributed by atoms with E-state index in [0.717, 1.165) is 11.1 Å². The van der Waals surface area contributed by atoms with Crippen LogP contribution in [0, 0.1) is 0 Å². The molecule has 1 aromatic carbocycles. The van der Waals surface area contributed by atoms with E-state index in [0.29, 0.717) is 46.2 Å². The Balaban J connectivity index is 1.92. The highest BCUT2D eigenvalue weighted by Crippen LogP contribution is 2.06. The van der Waals surface area contributed by atoms with Gasteiger partial charge in [0.25, 0.3) is 0 Å². The van der Waals surface area contributed by atoms with Gasteiger partial charge in [0, 0.05) is 7.11 Å². The first-order valence-electron chi connectivity index (χ1n) is 6.80. The molecule has 112 valence electrons. The van der Waals surface area contributed by atoms with Gasteiger partial charge in [-0.2, -0.15) is 0 Å². The third-order valence-electron chi connectivity index (χ3n) is 2.66. The number of ether oxygens (including phenoxy) is 4. The van der Waals surface area contributed by atoms with Crippen LogP contribution in [0.15, 0.2) is 30.8 Å². The number of rotatable bonds is 12. The molecule has 0 N–H and O–H groups in total. The third-order valence-corrected chi connectivity index (χ3v) is 2.66. The van der Waals surface area contributed by atoms with Crippen LogP contribution in [0.1, 0.15) is 11.1 Å². The molecule has 4 nitrogen and oxygen atoms in total. The van der Waals surface area contributed by atoms with E-state index in [4.69, 9.17) is 18.9 Å². The maximum Gasteiger partial charge on any atom is 0.0718 e. The lowest BCUT2D eigenvalue weighted by molar-refractivity contribution is 0.000869. The average Bonchev–Trinajstić information content (AvgIpc) is 2.50. The number of hydrogen-bond donors (Lipinski definition) is 0. The van der Waals surface area contributed by atoms with Crippen molar-refractivity contribution < 1.29 is 18.9 Å². The van der Waals surface area contributed by atoms with Crippen LogP contribution >= 0.6 is 0 Å². The van der Waals surface area contributed by atoms with Gasteiger partial charge < -0.3 is 18.9 Å². The van der Waals surface area contributed by atoms with Crippen LogP contribution in [0.2, 0.25) is 0 Å². The molecule has 0 unspecified atom stereocenters. The fraction of sp³-hybridized carbons (Fsp3) is 0.500. The molecule has 0 saturated carbocycles. The van der Waals surface area contributed by atoms with Crippen molar-refractivity contribution in [2.24, 2.45) is 0 Å². The molecular weight excluding hydrogens is 256 g/mol. The molecule has 0 saturated heterocycles. The maximum atomic E-state index is 5.53. The normalized spacial score (nSPS) is 10.7. The summed E-state index contributed by atoms with van der Waals surface area (Å²) in [6, 6.07) is 8.14. The van der Waals surface area contributed by atoms with Gasteiger partial charge in [0.15, 0.2) is 0 Å². The van der Waals surface area contributed by atoms with Crippen molar-refractivity contribution in [2.75, 3.05) is 46.8 Å². The molecule has 0 bridgehead atoms. The van der Waals surface area contributed by atoms with Crippen molar-refractivity contribution in [3.63, 3.8) is 0 Å². The molecule has 0 atom stereocenters. The second-order valence-corrected chi connectivity index (χ2v) is 4.22. The quantitative estimate of drug-likeness (QED) is 0.551. The first-order valence-corrected chi connectivity index (χ1v) is 6.80. The molecular formula is C16H24O4. The highest BCUT2D eigenvalue weighted by molar-refractivity contribution is 5.47. The predicted molar refractivity (Wildman–Crippen MR) is 79.7 cm³/mol. The Bertz CT molecular complexity index is 348. The Morgan fingerprint density at radius 2 is 1.40 bits per heavy atom. The van der Waals surface area contributed by atoms with Crippen molar-refractivity contribution in [1.29, 1.82) is 0 Å². The highest BCUT2D eigenvalue weighted by Gasteiger charge is 1.94. The Kier molecular flexibility index (Phi) is 9.79. The summed E-state index contributed by atoms with van der Waals surface area (Å²) in [5.41, 5.74) is 2.27. The summed E-state index contributed by atoms with van der Waals surface area (Å²) in [4.78, 5) is 0. The van der Waals surface area contributed by atoms with E-state index in [-0.39, 0.29) is 0 Å². The second-order valence-electron chi connectivity index (χ2n) is 4.22. The molecule has 20 heavy (non-hydrogen) atoms. The lowest BCUT2D eigenvalue weighted by Gasteiger charge is -2.07. The summed E-state index contributed by atoms with van der Waals surface area (Å²) in [6.45, 7) is 7.89. The zero-order valence-electron chi connectivity index (χ0n) is 12.2. The number of hydrogen-bond acceptors (Lipinski definition) is 4. The monoisotopic (exact) mass is 280 g/mol. The van der Waals surface area contributed by atoms with Gasteiger partial charge in [0.05, 0.1) is 46.2 Å². The standard InChI is InChI=1S/C16H24O4/c1-3-15-4-6-16(7-5-15)14-20-13-12-19-11-10-18-9-8-17-2/h3-7H,1,8-14H2,2H3. The van der Waals surface area contributed by atoms with E-state index >= 15 is 0 Å². The van der Waals surface area contributed by atoms with Crippen LogP contribution in [-0.2, 0) is 25.6 Å². The van der Waals surface area contributed by atoms with Gasteiger partial charge >= 0.3 is 0 Å². The average molecular weight is 280 g/mol. The second kappa shape index (κ2) is 11.6. The molecule has 0 heterocycles. The van der Waals surface area contributed by atoms with E-state index in [2.05, 4.69) is 6.58 Å². The summed E-state index contributed by atoms with van der Waals surface area (Å²) < 4.78 is 21.1. The van der Waals surface area contributed by atoms with Gasteiger partial charge in [-0.05, 0) is 11.1 Å². The first kappa shape index (κ1) is 16.9. The molecule has 4 heteroatoms. The largest absolute Gasteiger partial charge is 0.382 e. The molecule has 0 aliphatic rings. The zero-order valence-corrected chi connectivity index (χ0v) is 12.2. The van der Waals surface area contributed by atoms with Gasteiger partial charge in [-0.25, -0.2) is 0 Å². The zero-order chi connectivity index (χ0) is 14.5. The molecule has 1 rings (SSSR count). The Hall–Kier alpha value is -1.20. The topological polar surface area (TPSA) is 36.9 Å². The van der Waals surface area contributed by atoms with E-state index in [1.54, 1.807) is 7.11 Å². The predicted octanol–water partition coefficient (Wildman–Crippen LogP) is 2.53. The Labute approximate surface area is 121 Å². The lowest BCUT2D eigenvalue weighted by Crippen LogP contribution is -2.11. The summed E-state index contributed by atoms with van der Waals surface area (Å²) in [5.74, 6) is 0. The number of methoxy groups -OCH3 is 1. The maximum absolute atomic E-state index is 5.53. The van der Waals surface area contributed by atoms with Gasteiger partial charge in [-0.15, -0.1) is 0 Å². The van der Waals surface area contributed by atoms with E-state index in [9.17, 15) is 0 Å². The molecule has 0 aromatic heterocycles. The Morgan fingerprint density at radius 3 is 1.95 bits per heavy atom. The molecule has 0 spiro atoms.